The van der Waals surface area contributed by atoms with Crippen molar-refractivity contribution in [2.45, 2.75) is 43.9 Å². The van der Waals surface area contributed by atoms with Crippen molar-refractivity contribution in [1.29, 1.82) is 0 Å². The van der Waals surface area contributed by atoms with Gasteiger partial charge in [0, 0.05) is 18.4 Å². The van der Waals surface area contributed by atoms with Crippen LogP contribution in [0.3, 0.4) is 0 Å². The second-order valence-corrected chi connectivity index (χ2v) is 6.82. The van der Waals surface area contributed by atoms with Gasteiger partial charge in [0.1, 0.15) is 0 Å². The molecule has 24 heavy (non-hydrogen) atoms. The molecule has 1 fully saturated rings. The van der Waals surface area contributed by atoms with E-state index in [0.717, 1.165) is 30.4 Å². The molecule has 0 saturated carbocycles. The minimum Gasteiger partial charge on any atom is -0.388 e. The average molecular weight is 324 g/mol. The lowest BCUT2D eigenvalue weighted by Crippen LogP contribution is -3.18. The maximum absolute atomic E-state index is 12.8. The third-order valence-corrected chi connectivity index (χ3v) is 5.31. The standard InChI is InChI=1S/C21H25NO2/c1-22-18(15-20(23)16-9-4-2-5-10-16)13-8-14-19(22)21(24)17-11-6-3-7-12-17/h2-7,9-12,18-20,23H,8,13-15H2,1H3/p+1/t18-,19-,20+/m1/s1. The first-order valence-electron chi connectivity index (χ1n) is 8.82. The first-order valence-corrected chi connectivity index (χ1v) is 8.82. The van der Waals surface area contributed by atoms with Gasteiger partial charge in [0.15, 0.2) is 6.04 Å². The molecule has 2 aromatic carbocycles. The van der Waals surface area contributed by atoms with Gasteiger partial charge < -0.3 is 10.0 Å². The molecule has 2 aromatic rings. The van der Waals surface area contributed by atoms with Crippen LogP contribution in [0.25, 0.3) is 0 Å². The van der Waals surface area contributed by atoms with E-state index in [9.17, 15) is 9.90 Å². The molecule has 3 heteroatoms. The highest BCUT2D eigenvalue weighted by molar-refractivity contribution is 5.99. The number of quaternary nitrogens is 1. The summed E-state index contributed by atoms with van der Waals surface area (Å²) in [7, 11) is 2.10. The molecule has 1 aliphatic rings. The van der Waals surface area contributed by atoms with Gasteiger partial charge in [-0.05, 0) is 18.4 Å². The maximum Gasteiger partial charge on any atom is 0.219 e. The fourth-order valence-electron chi connectivity index (χ4n) is 3.83. The maximum atomic E-state index is 12.8. The van der Waals surface area contributed by atoms with Crippen molar-refractivity contribution in [3.8, 4) is 0 Å². The molecule has 0 aromatic heterocycles. The number of rotatable bonds is 5. The molecule has 1 unspecified atom stereocenters. The number of likely N-dealkylation sites (tertiary alicyclic amines) is 1. The van der Waals surface area contributed by atoms with Crippen LogP contribution in [0.2, 0.25) is 0 Å². The summed E-state index contributed by atoms with van der Waals surface area (Å²) in [5.41, 5.74) is 1.76. The van der Waals surface area contributed by atoms with Gasteiger partial charge in [-0.15, -0.1) is 0 Å². The van der Waals surface area contributed by atoms with Crippen molar-refractivity contribution in [2.24, 2.45) is 0 Å². The number of hydrogen-bond donors (Lipinski definition) is 2. The third-order valence-electron chi connectivity index (χ3n) is 5.31. The van der Waals surface area contributed by atoms with E-state index in [4.69, 9.17) is 0 Å². The molecule has 0 bridgehead atoms. The molecule has 0 aliphatic carbocycles. The summed E-state index contributed by atoms with van der Waals surface area (Å²) in [6, 6.07) is 19.7. The number of hydrogen-bond acceptors (Lipinski definition) is 2. The number of likely N-dealkylation sites (N-methyl/N-ethyl adjacent to an activating group) is 1. The van der Waals surface area contributed by atoms with Crippen LogP contribution in [0.1, 0.15) is 47.7 Å². The lowest BCUT2D eigenvalue weighted by molar-refractivity contribution is -0.927. The van der Waals surface area contributed by atoms with E-state index in [1.165, 1.54) is 4.90 Å². The highest BCUT2D eigenvalue weighted by atomic mass is 16.3. The number of Topliss-reactive ketones (excluding diaryl/α,β-unsaturated/α-hetero) is 1. The van der Waals surface area contributed by atoms with Crippen LogP contribution in [0.5, 0.6) is 0 Å². The fourth-order valence-corrected chi connectivity index (χ4v) is 3.83. The van der Waals surface area contributed by atoms with Gasteiger partial charge in [0.05, 0.1) is 19.2 Å². The van der Waals surface area contributed by atoms with Crippen LogP contribution >= 0.6 is 0 Å². The van der Waals surface area contributed by atoms with E-state index in [1.807, 2.05) is 60.7 Å². The first kappa shape index (κ1) is 16.9. The number of nitrogens with one attached hydrogen (secondary N) is 1. The highest BCUT2D eigenvalue weighted by Crippen LogP contribution is 2.22. The molecule has 3 nitrogen and oxygen atoms in total. The monoisotopic (exact) mass is 324 g/mol. The molecule has 2 N–H and O–H groups in total. The second-order valence-electron chi connectivity index (χ2n) is 6.82. The van der Waals surface area contributed by atoms with Gasteiger partial charge in [0.25, 0.3) is 0 Å². The summed E-state index contributed by atoms with van der Waals surface area (Å²) in [6.45, 7) is 0. The normalized spacial score (nSPS) is 25.2. The predicted octanol–water partition coefficient (Wildman–Crippen LogP) is 2.43. The number of carbonyl (C=O) groups excluding carboxylic acids is 1. The van der Waals surface area contributed by atoms with Crippen molar-refractivity contribution < 1.29 is 14.8 Å². The summed E-state index contributed by atoms with van der Waals surface area (Å²) in [6.07, 6.45) is 3.28. The van der Waals surface area contributed by atoms with Crippen LogP contribution in [-0.4, -0.2) is 30.0 Å². The summed E-state index contributed by atoms with van der Waals surface area (Å²) >= 11 is 0. The number of piperidine rings is 1. The second kappa shape index (κ2) is 7.73. The molecule has 0 spiro atoms. The minimum atomic E-state index is -0.461. The van der Waals surface area contributed by atoms with Crippen LogP contribution in [0, 0.1) is 0 Å². The van der Waals surface area contributed by atoms with Crippen LogP contribution in [0.4, 0.5) is 0 Å². The van der Waals surface area contributed by atoms with Crippen LogP contribution in [0.15, 0.2) is 60.7 Å². The molecular weight excluding hydrogens is 298 g/mol. The fraction of sp³-hybridized carbons (Fsp3) is 0.381. The Balaban J connectivity index is 1.69. The van der Waals surface area contributed by atoms with Gasteiger partial charge >= 0.3 is 0 Å². The number of aliphatic hydroxyl groups is 1. The van der Waals surface area contributed by atoms with E-state index >= 15 is 0 Å². The molecule has 1 saturated heterocycles. The first-order chi connectivity index (χ1) is 11.7. The Morgan fingerprint density at radius 2 is 1.71 bits per heavy atom. The molecule has 3 rings (SSSR count). The van der Waals surface area contributed by atoms with Gasteiger partial charge in [-0.1, -0.05) is 60.7 Å². The molecule has 0 radical (unpaired) electrons. The van der Waals surface area contributed by atoms with E-state index in [2.05, 4.69) is 7.05 Å². The summed E-state index contributed by atoms with van der Waals surface area (Å²) in [4.78, 5) is 14.1. The van der Waals surface area contributed by atoms with Gasteiger partial charge in [0.2, 0.25) is 5.78 Å². The average Bonchev–Trinajstić information content (AvgIpc) is 2.64. The minimum absolute atomic E-state index is 0.00544. The SMILES string of the molecule is C[NH+]1[C@@H](C[C@H](O)c2ccccc2)CCC[C@@H]1C(=O)c1ccccc1. The Morgan fingerprint density at radius 3 is 2.38 bits per heavy atom. The Labute approximate surface area is 143 Å². The number of carbonyl (C=O) groups is 1. The lowest BCUT2D eigenvalue weighted by atomic mass is 9.88. The van der Waals surface area contributed by atoms with E-state index < -0.39 is 6.10 Å². The van der Waals surface area contributed by atoms with Crippen molar-refractivity contribution in [1.82, 2.24) is 0 Å². The predicted molar refractivity (Wildman–Crippen MR) is 95.1 cm³/mol. The molecular formula is C21H26NO2+. The van der Waals surface area contributed by atoms with Crippen LogP contribution < -0.4 is 4.90 Å². The third kappa shape index (κ3) is 3.74. The molecule has 4 atom stereocenters. The summed E-state index contributed by atoms with van der Waals surface area (Å²) in [5.74, 6) is 0.229. The van der Waals surface area contributed by atoms with E-state index in [-0.39, 0.29) is 11.8 Å². The van der Waals surface area contributed by atoms with Gasteiger partial charge in [-0.2, -0.15) is 0 Å². The lowest BCUT2D eigenvalue weighted by Gasteiger charge is -2.36. The molecule has 1 aliphatic heterocycles. The Morgan fingerprint density at radius 1 is 1.08 bits per heavy atom. The largest absolute Gasteiger partial charge is 0.388 e. The zero-order valence-corrected chi connectivity index (χ0v) is 14.2. The number of aliphatic hydroxyl groups excluding tert-OH is 1. The molecule has 0 amide bonds. The highest BCUT2D eigenvalue weighted by Gasteiger charge is 2.37. The van der Waals surface area contributed by atoms with Gasteiger partial charge in [-0.25, -0.2) is 0 Å². The quantitative estimate of drug-likeness (QED) is 0.830. The van der Waals surface area contributed by atoms with E-state index in [0.29, 0.717) is 12.5 Å². The van der Waals surface area contributed by atoms with Crippen molar-refractivity contribution in [2.75, 3.05) is 7.05 Å². The Kier molecular flexibility index (Phi) is 5.44. The van der Waals surface area contributed by atoms with Gasteiger partial charge in [-0.3, -0.25) is 4.79 Å². The molecule has 126 valence electrons. The topological polar surface area (TPSA) is 41.7 Å². The van der Waals surface area contributed by atoms with Crippen LogP contribution in [-0.2, 0) is 0 Å². The molecule has 1 heterocycles. The summed E-state index contributed by atoms with van der Waals surface area (Å²) in [5, 5.41) is 10.5. The smallest absolute Gasteiger partial charge is 0.219 e. The number of benzene rings is 2. The summed E-state index contributed by atoms with van der Waals surface area (Å²) < 4.78 is 0. The number of ketones is 1. The van der Waals surface area contributed by atoms with Crippen molar-refractivity contribution in [3.63, 3.8) is 0 Å². The van der Waals surface area contributed by atoms with E-state index in [1.54, 1.807) is 0 Å². The zero-order chi connectivity index (χ0) is 16.9. The Bertz CT molecular complexity index is 656. The van der Waals surface area contributed by atoms with Crippen molar-refractivity contribution in [3.05, 3.63) is 71.8 Å². The van der Waals surface area contributed by atoms with Crippen molar-refractivity contribution >= 4 is 5.78 Å². The Hall–Kier alpha value is -1.97. The zero-order valence-electron chi connectivity index (χ0n) is 14.2.